The van der Waals surface area contributed by atoms with Gasteiger partial charge in [0.1, 0.15) is 5.82 Å². The van der Waals surface area contributed by atoms with Crippen molar-refractivity contribution in [1.82, 2.24) is 5.32 Å². The molecule has 1 aromatic rings. The Labute approximate surface area is 93.4 Å². The molecule has 0 atom stereocenters. The standard InChI is InChI=1S/C11H13ClFNO/c1-15-11(6-14-7-11)5-8-2-9(12)4-10(13)3-8/h2-4,14H,5-7H2,1H3. The minimum atomic E-state index is -0.295. The molecule has 0 aromatic heterocycles. The lowest BCUT2D eigenvalue weighted by Gasteiger charge is -2.41. The van der Waals surface area contributed by atoms with Crippen LogP contribution in [-0.4, -0.2) is 25.8 Å². The first-order chi connectivity index (χ1) is 7.13. The van der Waals surface area contributed by atoms with Crippen molar-refractivity contribution in [3.8, 4) is 0 Å². The molecular weight excluding hydrogens is 217 g/mol. The first-order valence-corrected chi connectivity index (χ1v) is 5.22. The molecule has 1 fully saturated rings. The summed E-state index contributed by atoms with van der Waals surface area (Å²) in [5, 5.41) is 3.58. The fraction of sp³-hybridized carbons (Fsp3) is 0.455. The van der Waals surface area contributed by atoms with Crippen LogP contribution in [0.4, 0.5) is 4.39 Å². The lowest BCUT2D eigenvalue weighted by molar-refractivity contribution is -0.0502. The SMILES string of the molecule is COC1(Cc2cc(F)cc(Cl)c2)CNC1. The third kappa shape index (κ3) is 2.30. The van der Waals surface area contributed by atoms with Gasteiger partial charge < -0.3 is 10.1 Å². The van der Waals surface area contributed by atoms with E-state index in [0.29, 0.717) is 11.4 Å². The Morgan fingerprint density at radius 3 is 2.67 bits per heavy atom. The van der Waals surface area contributed by atoms with Crippen molar-refractivity contribution in [1.29, 1.82) is 0 Å². The summed E-state index contributed by atoms with van der Waals surface area (Å²) in [4.78, 5) is 0. The fourth-order valence-corrected chi connectivity index (χ4v) is 2.07. The van der Waals surface area contributed by atoms with Crippen LogP contribution in [0, 0.1) is 5.82 Å². The second kappa shape index (κ2) is 4.08. The summed E-state index contributed by atoms with van der Waals surface area (Å²) in [6.45, 7) is 1.61. The predicted molar refractivity (Wildman–Crippen MR) is 57.7 cm³/mol. The van der Waals surface area contributed by atoms with Gasteiger partial charge in [0.25, 0.3) is 0 Å². The molecule has 0 bridgehead atoms. The van der Waals surface area contributed by atoms with Gasteiger partial charge in [-0.2, -0.15) is 0 Å². The van der Waals surface area contributed by atoms with E-state index in [0.717, 1.165) is 18.7 Å². The number of benzene rings is 1. The van der Waals surface area contributed by atoms with Crippen molar-refractivity contribution in [2.45, 2.75) is 12.0 Å². The molecule has 1 aliphatic rings. The fourth-order valence-electron chi connectivity index (χ4n) is 1.83. The third-order valence-corrected chi connectivity index (χ3v) is 2.99. The van der Waals surface area contributed by atoms with Gasteiger partial charge in [-0.15, -0.1) is 0 Å². The van der Waals surface area contributed by atoms with Crippen LogP contribution in [0.1, 0.15) is 5.56 Å². The van der Waals surface area contributed by atoms with Crippen molar-refractivity contribution in [3.05, 3.63) is 34.6 Å². The zero-order chi connectivity index (χ0) is 10.9. The van der Waals surface area contributed by atoms with Crippen molar-refractivity contribution in [3.63, 3.8) is 0 Å². The van der Waals surface area contributed by atoms with E-state index in [2.05, 4.69) is 5.32 Å². The van der Waals surface area contributed by atoms with E-state index in [1.807, 2.05) is 0 Å². The third-order valence-electron chi connectivity index (χ3n) is 2.78. The van der Waals surface area contributed by atoms with Gasteiger partial charge in [-0.05, 0) is 23.8 Å². The first-order valence-electron chi connectivity index (χ1n) is 4.84. The lowest BCUT2D eigenvalue weighted by Crippen LogP contribution is -2.61. The van der Waals surface area contributed by atoms with E-state index in [1.165, 1.54) is 12.1 Å². The van der Waals surface area contributed by atoms with Crippen LogP contribution in [0.3, 0.4) is 0 Å². The van der Waals surface area contributed by atoms with Crippen LogP contribution in [0.2, 0.25) is 5.02 Å². The Morgan fingerprint density at radius 2 is 2.20 bits per heavy atom. The molecule has 0 unspecified atom stereocenters. The number of hydrogen-bond donors (Lipinski definition) is 1. The monoisotopic (exact) mass is 229 g/mol. The average molecular weight is 230 g/mol. The van der Waals surface area contributed by atoms with Crippen LogP contribution < -0.4 is 5.32 Å². The molecule has 0 radical (unpaired) electrons. The summed E-state index contributed by atoms with van der Waals surface area (Å²) in [7, 11) is 1.68. The zero-order valence-corrected chi connectivity index (χ0v) is 9.27. The second-order valence-corrected chi connectivity index (χ2v) is 4.38. The summed E-state index contributed by atoms with van der Waals surface area (Å²) in [5.74, 6) is -0.295. The van der Waals surface area contributed by atoms with E-state index >= 15 is 0 Å². The molecule has 1 aromatic carbocycles. The van der Waals surface area contributed by atoms with Gasteiger partial charge in [0, 0.05) is 31.6 Å². The Kier molecular flexibility index (Phi) is 2.96. The summed E-state index contributed by atoms with van der Waals surface area (Å²) >= 11 is 5.79. The number of methoxy groups -OCH3 is 1. The van der Waals surface area contributed by atoms with Crippen LogP contribution in [0.5, 0.6) is 0 Å². The first kappa shape index (κ1) is 10.9. The normalized spacial score (nSPS) is 18.6. The highest BCUT2D eigenvalue weighted by molar-refractivity contribution is 6.30. The second-order valence-electron chi connectivity index (χ2n) is 3.95. The van der Waals surface area contributed by atoms with Gasteiger partial charge in [-0.25, -0.2) is 4.39 Å². The number of hydrogen-bond acceptors (Lipinski definition) is 2. The topological polar surface area (TPSA) is 21.3 Å². The molecule has 0 amide bonds. The minimum absolute atomic E-state index is 0.183. The minimum Gasteiger partial charge on any atom is -0.375 e. The lowest BCUT2D eigenvalue weighted by atomic mass is 9.89. The van der Waals surface area contributed by atoms with Crippen molar-refractivity contribution in [2.24, 2.45) is 0 Å². The highest BCUT2D eigenvalue weighted by Gasteiger charge is 2.36. The van der Waals surface area contributed by atoms with Crippen molar-refractivity contribution in [2.75, 3.05) is 20.2 Å². The molecule has 0 spiro atoms. The maximum Gasteiger partial charge on any atom is 0.124 e. The van der Waals surface area contributed by atoms with Gasteiger partial charge in [0.2, 0.25) is 0 Å². The average Bonchev–Trinajstić information content (AvgIpc) is 2.10. The summed E-state index contributed by atoms with van der Waals surface area (Å²) in [6.07, 6.45) is 0.688. The van der Waals surface area contributed by atoms with Crippen LogP contribution in [0.15, 0.2) is 18.2 Å². The Morgan fingerprint density at radius 1 is 1.47 bits per heavy atom. The van der Waals surface area contributed by atoms with Gasteiger partial charge in [0.05, 0.1) is 5.60 Å². The molecule has 2 nitrogen and oxygen atoms in total. The van der Waals surface area contributed by atoms with Crippen molar-refractivity contribution >= 4 is 11.6 Å². The van der Waals surface area contributed by atoms with E-state index in [1.54, 1.807) is 13.2 Å². The van der Waals surface area contributed by atoms with Crippen molar-refractivity contribution < 1.29 is 9.13 Å². The molecule has 0 saturated carbocycles. The highest BCUT2D eigenvalue weighted by Crippen LogP contribution is 2.24. The maximum atomic E-state index is 13.1. The molecule has 2 rings (SSSR count). The number of nitrogens with one attached hydrogen (secondary N) is 1. The van der Waals surface area contributed by atoms with E-state index in [9.17, 15) is 4.39 Å². The Hall–Kier alpha value is -0.640. The summed E-state index contributed by atoms with van der Waals surface area (Å²) in [5.41, 5.74) is 0.695. The molecule has 1 aliphatic heterocycles. The quantitative estimate of drug-likeness (QED) is 0.856. The van der Waals surface area contributed by atoms with Crippen LogP contribution >= 0.6 is 11.6 Å². The zero-order valence-electron chi connectivity index (χ0n) is 8.52. The number of rotatable bonds is 3. The summed E-state index contributed by atoms with van der Waals surface area (Å²) in [6, 6.07) is 4.60. The smallest absolute Gasteiger partial charge is 0.124 e. The molecule has 82 valence electrons. The number of ether oxygens (including phenoxy) is 1. The number of halogens is 2. The van der Waals surface area contributed by atoms with Crippen LogP contribution in [-0.2, 0) is 11.2 Å². The Bertz CT molecular complexity index is 340. The van der Waals surface area contributed by atoms with E-state index < -0.39 is 0 Å². The highest BCUT2D eigenvalue weighted by atomic mass is 35.5. The molecular formula is C11H13ClFNO. The molecule has 15 heavy (non-hydrogen) atoms. The van der Waals surface area contributed by atoms with Gasteiger partial charge in [0.15, 0.2) is 0 Å². The molecule has 1 N–H and O–H groups in total. The van der Waals surface area contributed by atoms with Gasteiger partial charge in [-0.3, -0.25) is 0 Å². The van der Waals surface area contributed by atoms with E-state index in [4.69, 9.17) is 16.3 Å². The maximum absolute atomic E-state index is 13.1. The van der Waals surface area contributed by atoms with Crippen LogP contribution in [0.25, 0.3) is 0 Å². The molecule has 1 heterocycles. The largest absolute Gasteiger partial charge is 0.375 e. The summed E-state index contributed by atoms with van der Waals surface area (Å²) < 4.78 is 18.5. The van der Waals surface area contributed by atoms with E-state index in [-0.39, 0.29) is 11.4 Å². The molecule has 4 heteroatoms. The van der Waals surface area contributed by atoms with Gasteiger partial charge >= 0.3 is 0 Å². The molecule has 1 saturated heterocycles. The predicted octanol–water partition coefficient (Wildman–Crippen LogP) is 2.01. The Balaban J connectivity index is 2.16. The molecule has 0 aliphatic carbocycles. The van der Waals surface area contributed by atoms with Gasteiger partial charge in [-0.1, -0.05) is 11.6 Å².